The van der Waals surface area contributed by atoms with Gasteiger partial charge in [0, 0.05) is 35.6 Å². The van der Waals surface area contributed by atoms with Crippen LogP contribution in [0.3, 0.4) is 0 Å². The fourth-order valence-electron chi connectivity index (χ4n) is 5.81. The SMILES string of the molecule is CCC(c1nnnn1CCc1ccccc1)N(Cc1cc2c(C)cc(C)cc2[nH]c1=O)C1CCCC1. The number of hydrogen-bond donors (Lipinski definition) is 1. The molecule has 2 aromatic carbocycles. The summed E-state index contributed by atoms with van der Waals surface area (Å²) in [5.74, 6) is 0.893. The van der Waals surface area contributed by atoms with Crippen molar-refractivity contribution in [2.75, 3.05) is 0 Å². The summed E-state index contributed by atoms with van der Waals surface area (Å²) in [5, 5.41) is 14.0. The summed E-state index contributed by atoms with van der Waals surface area (Å²) >= 11 is 0. The summed E-state index contributed by atoms with van der Waals surface area (Å²) in [6, 6.07) is 17.2. The van der Waals surface area contributed by atoms with Crippen LogP contribution in [0.25, 0.3) is 10.9 Å². The first-order valence-electron chi connectivity index (χ1n) is 13.2. The Labute approximate surface area is 212 Å². The molecule has 7 nitrogen and oxygen atoms in total. The number of rotatable bonds is 9. The van der Waals surface area contributed by atoms with Crippen molar-refractivity contribution in [3.8, 4) is 0 Å². The first kappa shape index (κ1) is 24.4. The maximum atomic E-state index is 13.2. The van der Waals surface area contributed by atoms with Crippen LogP contribution in [-0.4, -0.2) is 36.1 Å². The predicted octanol–water partition coefficient (Wildman–Crippen LogP) is 5.27. The Bertz CT molecular complexity index is 1370. The minimum absolute atomic E-state index is 0.00554. The smallest absolute Gasteiger partial charge is 0.252 e. The van der Waals surface area contributed by atoms with E-state index in [4.69, 9.17) is 0 Å². The van der Waals surface area contributed by atoms with Crippen molar-refractivity contribution in [2.45, 2.75) is 84.5 Å². The Hall–Kier alpha value is -3.32. The number of aromatic amines is 1. The third-order valence-electron chi connectivity index (χ3n) is 7.64. The quantitative estimate of drug-likeness (QED) is 0.350. The zero-order chi connectivity index (χ0) is 25.1. The van der Waals surface area contributed by atoms with Gasteiger partial charge in [-0.25, -0.2) is 4.68 Å². The van der Waals surface area contributed by atoms with Gasteiger partial charge in [-0.2, -0.15) is 0 Å². The largest absolute Gasteiger partial charge is 0.322 e. The van der Waals surface area contributed by atoms with Crippen LogP contribution in [0.15, 0.2) is 53.3 Å². The number of nitrogens with zero attached hydrogens (tertiary/aromatic N) is 5. The minimum Gasteiger partial charge on any atom is -0.322 e. The first-order chi connectivity index (χ1) is 17.5. The third-order valence-corrected chi connectivity index (χ3v) is 7.64. The fourth-order valence-corrected chi connectivity index (χ4v) is 5.81. The van der Waals surface area contributed by atoms with Gasteiger partial charge in [-0.1, -0.05) is 56.2 Å². The zero-order valence-corrected chi connectivity index (χ0v) is 21.6. The maximum Gasteiger partial charge on any atom is 0.252 e. The van der Waals surface area contributed by atoms with Gasteiger partial charge in [0.25, 0.3) is 5.56 Å². The lowest BCUT2D eigenvalue weighted by atomic mass is 10.0. The van der Waals surface area contributed by atoms with Crippen molar-refractivity contribution < 1.29 is 0 Å². The van der Waals surface area contributed by atoms with Gasteiger partial charge in [0.1, 0.15) is 0 Å². The Kier molecular flexibility index (Phi) is 7.28. The highest BCUT2D eigenvalue weighted by molar-refractivity contribution is 5.83. The van der Waals surface area contributed by atoms with Crippen LogP contribution >= 0.6 is 0 Å². The number of benzene rings is 2. The third kappa shape index (κ3) is 5.12. The van der Waals surface area contributed by atoms with Crippen LogP contribution in [0.1, 0.15) is 73.1 Å². The summed E-state index contributed by atoms with van der Waals surface area (Å²) in [6.07, 6.45) is 6.50. The number of aryl methyl sites for hydroxylation is 4. The van der Waals surface area contributed by atoms with Gasteiger partial charge in [-0.15, -0.1) is 5.10 Å². The van der Waals surface area contributed by atoms with Crippen molar-refractivity contribution in [3.05, 3.63) is 87.0 Å². The number of pyridine rings is 1. The van der Waals surface area contributed by atoms with Gasteiger partial charge in [0.05, 0.1) is 6.04 Å². The topological polar surface area (TPSA) is 79.7 Å². The van der Waals surface area contributed by atoms with Crippen LogP contribution in [0.4, 0.5) is 0 Å². The second kappa shape index (κ2) is 10.7. The van der Waals surface area contributed by atoms with E-state index >= 15 is 0 Å². The highest BCUT2D eigenvalue weighted by atomic mass is 16.1. The molecule has 1 aliphatic rings. The molecule has 2 aromatic heterocycles. The van der Waals surface area contributed by atoms with Crippen LogP contribution in [0, 0.1) is 13.8 Å². The number of fused-ring (bicyclic) bond motifs is 1. The Morgan fingerprint density at radius 1 is 1.11 bits per heavy atom. The number of tetrazole rings is 1. The fraction of sp³-hybridized carbons (Fsp3) is 0.448. The van der Waals surface area contributed by atoms with E-state index in [1.807, 2.05) is 10.7 Å². The van der Waals surface area contributed by atoms with Crippen molar-refractivity contribution >= 4 is 10.9 Å². The molecule has 0 radical (unpaired) electrons. The zero-order valence-electron chi connectivity index (χ0n) is 21.6. The number of H-pyrrole nitrogens is 1. The molecule has 5 rings (SSSR count). The predicted molar refractivity (Wildman–Crippen MR) is 143 cm³/mol. The average molecular weight is 485 g/mol. The molecule has 1 saturated carbocycles. The molecule has 1 N–H and O–H groups in total. The molecule has 1 atom stereocenters. The normalized spacial score (nSPS) is 15.2. The Morgan fingerprint density at radius 3 is 2.64 bits per heavy atom. The summed E-state index contributed by atoms with van der Waals surface area (Å²) in [7, 11) is 0. The van der Waals surface area contributed by atoms with E-state index in [0.717, 1.165) is 60.1 Å². The van der Waals surface area contributed by atoms with Gasteiger partial charge in [0.15, 0.2) is 5.82 Å². The molecule has 2 heterocycles. The number of hydrogen-bond acceptors (Lipinski definition) is 5. The number of nitrogens with one attached hydrogen (secondary N) is 1. The van der Waals surface area contributed by atoms with E-state index in [-0.39, 0.29) is 11.6 Å². The lowest BCUT2D eigenvalue weighted by molar-refractivity contribution is 0.112. The molecular weight excluding hydrogens is 448 g/mol. The molecule has 1 fully saturated rings. The van der Waals surface area contributed by atoms with Gasteiger partial charge in [-0.3, -0.25) is 9.69 Å². The molecule has 1 aliphatic carbocycles. The van der Waals surface area contributed by atoms with Crippen molar-refractivity contribution in [1.29, 1.82) is 0 Å². The molecule has 0 aliphatic heterocycles. The minimum atomic E-state index is -0.00554. The number of aromatic nitrogens is 5. The standard InChI is InChI=1S/C29H36N6O/c1-4-27(28-31-32-33-35(28)15-14-22-10-6-5-7-11-22)34(24-12-8-9-13-24)19-23-18-25-21(3)16-20(2)17-26(25)30-29(23)36/h5-7,10-11,16-18,24,27H,4,8-9,12-15,19H2,1-3H3,(H,30,36). The molecule has 4 aromatic rings. The van der Waals surface area contributed by atoms with E-state index < -0.39 is 0 Å². The van der Waals surface area contributed by atoms with Crippen LogP contribution in [0.5, 0.6) is 0 Å². The van der Waals surface area contributed by atoms with E-state index in [1.54, 1.807) is 0 Å². The van der Waals surface area contributed by atoms with Gasteiger partial charge in [-0.05, 0) is 78.8 Å². The second-order valence-corrected chi connectivity index (χ2v) is 10.2. The lowest BCUT2D eigenvalue weighted by Crippen LogP contribution is -2.39. The molecule has 0 amide bonds. The van der Waals surface area contributed by atoms with Gasteiger partial charge >= 0.3 is 0 Å². The summed E-state index contributed by atoms with van der Waals surface area (Å²) in [6.45, 7) is 7.69. The van der Waals surface area contributed by atoms with E-state index in [9.17, 15) is 4.79 Å². The summed E-state index contributed by atoms with van der Waals surface area (Å²) in [5.41, 5.74) is 5.33. The van der Waals surface area contributed by atoms with Crippen molar-refractivity contribution in [3.63, 3.8) is 0 Å². The Balaban J connectivity index is 1.47. The summed E-state index contributed by atoms with van der Waals surface area (Å²) < 4.78 is 1.96. The molecular formula is C29H36N6O. The van der Waals surface area contributed by atoms with E-state index in [1.165, 1.54) is 24.0 Å². The monoisotopic (exact) mass is 484 g/mol. The molecule has 7 heteroatoms. The van der Waals surface area contributed by atoms with E-state index in [2.05, 4.69) is 88.6 Å². The summed E-state index contributed by atoms with van der Waals surface area (Å²) in [4.78, 5) is 18.8. The Morgan fingerprint density at radius 2 is 1.89 bits per heavy atom. The molecule has 0 saturated heterocycles. The molecule has 36 heavy (non-hydrogen) atoms. The lowest BCUT2D eigenvalue weighted by Gasteiger charge is -2.35. The van der Waals surface area contributed by atoms with Crippen LogP contribution in [0.2, 0.25) is 0 Å². The first-order valence-corrected chi connectivity index (χ1v) is 13.2. The van der Waals surface area contributed by atoms with Gasteiger partial charge < -0.3 is 4.98 Å². The molecule has 0 bridgehead atoms. The maximum absolute atomic E-state index is 13.2. The average Bonchev–Trinajstić information content (AvgIpc) is 3.56. The highest BCUT2D eigenvalue weighted by Crippen LogP contribution is 2.33. The van der Waals surface area contributed by atoms with Crippen molar-refractivity contribution in [2.24, 2.45) is 0 Å². The second-order valence-electron chi connectivity index (χ2n) is 10.2. The van der Waals surface area contributed by atoms with E-state index in [0.29, 0.717) is 12.6 Å². The van der Waals surface area contributed by atoms with Crippen LogP contribution < -0.4 is 5.56 Å². The molecule has 0 spiro atoms. The molecule has 188 valence electrons. The van der Waals surface area contributed by atoms with Crippen molar-refractivity contribution in [1.82, 2.24) is 30.1 Å². The molecule has 1 unspecified atom stereocenters. The van der Waals surface area contributed by atoms with Gasteiger partial charge in [0.2, 0.25) is 0 Å². The van der Waals surface area contributed by atoms with Crippen LogP contribution in [-0.2, 0) is 19.5 Å². The highest BCUT2D eigenvalue weighted by Gasteiger charge is 2.32.